The summed E-state index contributed by atoms with van der Waals surface area (Å²) in [5.41, 5.74) is 13.2. The number of guanidine groups is 2. The number of benzene rings is 1. The third-order valence-electron chi connectivity index (χ3n) is 5.48. The predicted molar refractivity (Wildman–Crippen MR) is 173 cm³/mol. The maximum absolute atomic E-state index is 12.2. The molecule has 0 aliphatic heterocycles. The SMILES string of the molecule is CC/C=C\C/C=C\C/C=C\C/C=C\C/C=C\C/C=C\CCC(=O)Nc1ccc(CN=C(N)N=C(N)N(C)C)cc1. The van der Waals surface area contributed by atoms with Gasteiger partial charge in [0.1, 0.15) is 0 Å². The van der Waals surface area contributed by atoms with Gasteiger partial charge >= 0.3 is 0 Å². The van der Waals surface area contributed by atoms with E-state index in [4.69, 9.17) is 11.5 Å². The Kier molecular flexibility index (Phi) is 19.3. The minimum Gasteiger partial charge on any atom is -0.369 e. The number of nitrogens with two attached hydrogens (primary N) is 2. The van der Waals surface area contributed by atoms with Crippen molar-refractivity contribution >= 4 is 23.5 Å². The molecule has 40 heavy (non-hydrogen) atoms. The van der Waals surface area contributed by atoms with Crippen LogP contribution in [0.1, 0.15) is 63.9 Å². The molecule has 1 rings (SSSR count). The molecule has 5 N–H and O–H groups in total. The van der Waals surface area contributed by atoms with E-state index in [2.05, 4.69) is 95.1 Å². The van der Waals surface area contributed by atoms with Gasteiger partial charge in [0.05, 0.1) is 6.54 Å². The Balaban J connectivity index is 2.17. The molecular weight excluding hydrogens is 496 g/mol. The zero-order valence-electron chi connectivity index (χ0n) is 24.5. The minimum absolute atomic E-state index is 0.0111. The first-order valence-electron chi connectivity index (χ1n) is 14.0. The Morgan fingerprint density at radius 2 is 1.25 bits per heavy atom. The van der Waals surface area contributed by atoms with Gasteiger partial charge in [0.15, 0.2) is 5.96 Å². The van der Waals surface area contributed by atoms with Crippen molar-refractivity contribution in [1.82, 2.24) is 4.90 Å². The van der Waals surface area contributed by atoms with E-state index in [0.717, 1.165) is 49.8 Å². The van der Waals surface area contributed by atoms with E-state index in [1.165, 1.54) is 0 Å². The Hall–Kier alpha value is -4.13. The zero-order valence-corrected chi connectivity index (χ0v) is 24.5. The van der Waals surface area contributed by atoms with E-state index < -0.39 is 0 Å². The molecule has 7 nitrogen and oxygen atoms in total. The summed E-state index contributed by atoms with van der Waals surface area (Å²) in [4.78, 5) is 22.1. The summed E-state index contributed by atoms with van der Waals surface area (Å²) in [5.74, 6) is 0.407. The average molecular weight is 545 g/mol. The van der Waals surface area contributed by atoms with Gasteiger partial charge in [0.2, 0.25) is 11.9 Å². The van der Waals surface area contributed by atoms with Crippen molar-refractivity contribution in [2.45, 2.75) is 64.8 Å². The topological polar surface area (TPSA) is 109 Å². The second kappa shape index (κ2) is 22.8. The van der Waals surface area contributed by atoms with Crippen molar-refractivity contribution in [2.75, 3.05) is 19.4 Å². The summed E-state index contributed by atoms with van der Waals surface area (Å²) >= 11 is 0. The van der Waals surface area contributed by atoms with Gasteiger partial charge in [-0.25, -0.2) is 4.99 Å². The Labute approximate surface area is 241 Å². The highest BCUT2D eigenvalue weighted by Crippen LogP contribution is 2.11. The predicted octanol–water partition coefficient (Wildman–Crippen LogP) is 6.79. The Morgan fingerprint density at radius 1 is 0.775 bits per heavy atom. The van der Waals surface area contributed by atoms with E-state index >= 15 is 0 Å². The lowest BCUT2D eigenvalue weighted by Gasteiger charge is -2.09. The van der Waals surface area contributed by atoms with Gasteiger partial charge in [-0.2, -0.15) is 4.99 Å². The Morgan fingerprint density at radius 3 is 1.73 bits per heavy atom. The van der Waals surface area contributed by atoms with Gasteiger partial charge in [-0.15, -0.1) is 0 Å². The second-order valence-electron chi connectivity index (χ2n) is 9.24. The van der Waals surface area contributed by atoms with E-state index in [1.807, 2.05) is 24.3 Å². The molecule has 7 heteroatoms. The van der Waals surface area contributed by atoms with Gasteiger partial charge < -0.3 is 21.7 Å². The number of nitrogens with one attached hydrogen (secondary N) is 1. The third-order valence-corrected chi connectivity index (χ3v) is 5.48. The van der Waals surface area contributed by atoms with Crippen LogP contribution in [0.25, 0.3) is 0 Å². The number of allylic oxidation sites excluding steroid dienone is 12. The lowest BCUT2D eigenvalue weighted by Crippen LogP contribution is -2.32. The number of amides is 1. The van der Waals surface area contributed by atoms with Crippen molar-refractivity contribution in [2.24, 2.45) is 21.5 Å². The summed E-state index contributed by atoms with van der Waals surface area (Å²) in [7, 11) is 3.56. The van der Waals surface area contributed by atoms with E-state index in [9.17, 15) is 4.79 Å². The van der Waals surface area contributed by atoms with Crippen LogP contribution in [0.3, 0.4) is 0 Å². The van der Waals surface area contributed by atoms with Crippen LogP contribution in [-0.2, 0) is 11.3 Å². The molecule has 0 saturated heterocycles. The Bertz CT molecular complexity index is 1070. The molecule has 1 aromatic carbocycles. The molecule has 0 aromatic heterocycles. The van der Waals surface area contributed by atoms with Gasteiger partial charge in [0.25, 0.3) is 0 Å². The number of hydrogen-bond donors (Lipinski definition) is 3. The van der Waals surface area contributed by atoms with Crippen molar-refractivity contribution in [3.8, 4) is 0 Å². The van der Waals surface area contributed by atoms with Crippen molar-refractivity contribution in [1.29, 1.82) is 0 Å². The fraction of sp³-hybridized carbons (Fsp3) is 0.364. The van der Waals surface area contributed by atoms with E-state index in [1.54, 1.807) is 19.0 Å². The fourth-order valence-electron chi connectivity index (χ4n) is 3.20. The van der Waals surface area contributed by atoms with E-state index in [-0.39, 0.29) is 11.9 Å². The monoisotopic (exact) mass is 544 g/mol. The van der Waals surface area contributed by atoms with Crippen LogP contribution < -0.4 is 16.8 Å². The van der Waals surface area contributed by atoms with Gasteiger partial charge in [-0.1, -0.05) is 92.0 Å². The second-order valence-corrected chi connectivity index (χ2v) is 9.24. The normalized spacial score (nSPS) is 13.3. The van der Waals surface area contributed by atoms with Crippen LogP contribution >= 0.6 is 0 Å². The van der Waals surface area contributed by atoms with Crippen LogP contribution in [0.4, 0.5) is 5.69 Å². The van der Waals surface area contributed by atoms with Crippen LogP contribution in [0.15, 0.2) is 107 Å². The molecule has 0 bridgehead atoms. The number of nitrogens with zero attached hydrogens (tertiary/aromatic N) is 3. The molecule has 1 aromatic rings. The minimum atomic E-state index is -0.0111. The highest BCUT2D eigenvalue weighted by atomic mass is 16.1. The van der Waals surface area contributed by atoms with Gasteiger partial charge in [-0.05, 0) is 62.6 Å². The van der Waals surface area contributed by atoms with Crippen LogP contribution in [-0.4, -0.2) is 36.8 Å². The summed E-state index contributed by atoms with van der Waals surface area (Å²) in [6.07, 6.45) is 33.1. The van der Waals surface area contributed by atoms with Crippen molar-refractivity contribution in [3.05, 3.63) is 103 Å². The summed E-state index contributed by atoms with van der Waals surface area (Å²) in [6.45, 7) is 2.53. The number of carbonyl (C=O) groups excluding carboxylic acids is 1. The molecule has 0 unspecified atom stereocenters. The molecule has 0 aliphatic rings. The fourth-order valence-corrected chi connectivity index (χ4v) is 3.20. The van der Waals surface area contributed by atoms with Crippen molar-refractivity contribution in [3.63, 3.8) is 0 Å². The summed E-state index contributed by atoms with van der Waals surface area (Å²) in [6, 6.07) is 7.51. The molecule has 0 fully saturated rings. The van der Waals surface area contributed by atoms with Crippen LogP contribution in [0.5, 0.6) is 0 Å². The number of rotatable bonds is 17. The summed E-state index contributed by atoms with van der Waals surface area (Å²) < 4.78 is 0. The molecule has 216 valence electrons. The maximum atomic E-state index is 12.2. The molecule has 1 amide bonds. The molecular formula is C33H48N6O. The molecule has 0 atom stereocenters. The lowest BCUT2D eigenvalue weighted by atomic mass is 10.2. The molecule has 0 aliphatic carbocycles. The lowest BCUT2D eigenvalue weighted by molar-refractivity contribution is -0.116. The summed E-state index contributed by atoms with van der Waals surface area (Å²) in [5, 5.41) is 2.92. The molecule has 0 heterocycles. The van der Waals surface area contributed by atoms with Crippen LogP contribution in [0.2, 0.25) is 0 Å². The first-order valence-corrected chi connectivity index (χ1v) is 14.0. The highest BCUT2D eigenvalue weighted by molar-refractivity contribution is 5.93. The first-order chi connectivity index (χ1) is 19.4. The van der Waals surface area contributed by atoms with E-state index in [0.29, 0.717) is 25.3 Å². The number of carbonyl (C=O) groups is 1. The van der Waals surface area contributed by atoms with Gasteiger partial charge in [0, 0.05) is 26.2 Å². The average Bonchev–Trinajstić information content (AvgIpc) is 2.93. The third kappa shape index (κ3) is 19.0. The quantitative estimate of drug-likeness (QED) is 0.114. The molecule has 0 radical (unpaired) electrons. The maximum Gasteiger partial charge on any atom is 0.224 e. The number of hydrogen-bond acceptors (Lipinski definition) is 2. The smallest absolute Gasteiger partial charge is 0.224 e. The number of anilines is 1. The highest BCUT2D eigenvalue weighted by Gasteiger charge is 2.02. The zero-order chi connectivity index (χ0) is 29.3. The first kappa shape index (κ1) is 33.9. The van der Waals surface area contributed by atoms with Crippen LogP contribution in [0, 0.1) is 0 Å². The number of aliphatic imine (C=N–C) groups is 2. The van der Waals surface area contributed by atoms with Gasteiger partial charge in [-0.3, -0.25) is 4.79 Å². The largest absolute Gasteiger partial charge is 0.369 e. The van der Waals surface area contributed by atoms with Crippen molar-refractivity contribution < 1.29 is 4.79 Å². The molecule has 0 spiro atoms. The standard InChI is InChI=1S/C33H48N6O/c1-4-5-6-7-8-9-10-11-12-13-14-15-16-17-18-19-20-21-22-23-31(40)37-30-26-24-29(25-27-30)28-36-32(34)38-33(35)39(2)3/h5-6,8-9,11-12,14-15,17-18,20-21,24-27H,4,7,10,13,16,19,22-23,28H2,1-3H3,(H,37,40)(H4,34,35,36,38)/b6-5-,9-8-,12-11-,15-14-,18-17-,21-20-. The molecule has 0 saturated carbocycles.